The van der Waals surface area contributed by atoms with E-state index in [1.165, 1.54) is 6.07 Å². The molecule has 1 aliphatic heterocycles. The second-order valence-electron chi connectivity index (χ2n) is 7.14. The highest BCUT2D eigenvalue weighted by atomic mass is 19.1. The third-order valence-corrected chi connectivity index (χ3v) is 4.78. The van der Waals surface area contributed by atoms with E-state index in [0.29, 0.717) is 31.5 Å². The molecule has 140 valence electrons. The molecule has 0 saturated carbocycles. The molecule has 2 aromatic rings. The van der Waals surface area contributed by atoms with Gasteiger partial charge in [-0.1, -0.05) is 18.2 Å². The van der Waals surface area contributed by atoms with E-state index in [4.69, 9.17) is 4.42 Å². The van der Waals surface area contributed by atoms with Crippen LogP contribution >= 0.6 is 0 Å². The van der Waals surface area contributed by atoms with Crippen LogP contribution in [0.25, 0.3) is 0 Å². The van der Waals surface area contributed by atoms with E-state index in [0.717, 1.165) is 11.5 Å². The third-order valence-electron chi connectivity index (χ3n) is 4.78. The molecule has 5 nitrogen and oxygen atoms in total. The van der Waals surface area contributed by atoms with E-state index < -0.39 is 5.60 Å². The van der Waals surface area contributed by atoms with E-state index in [1.54, 1.807) is 23.1 Å². The Hall–Kier alpha value is -2.18. The minimum absolute atomic E-state index is 0.176. The van der Waals surface area contributed by atoms with E-state index in [-0.39, 0.29) is 24.8 Å². The molecule has 0 unspecified atom stereocenters. The van der Waals surface area contributed by atoms with Crippen LogP contribution in [0.15, 0.2) is 40.8 Å². The molecule has 1 amide bonds. The maximum atomic E-state index is 13.9. The summed E-state index contributed by atoms with van der Waals surface area (Å²) in [6.07, 6.45) is 1.09. The average Bonchev–Trinajstić information content (AvgIpc) is 2.98. The number of halogens is 1. The van der Waals surface area contributed by atoms with Gasteiger partial charge >= 0.3 is 0 Å². The van der Waals surface area contributed by atoms with Crippen molar-refractivity contribution in [2.45, 2.75) is 38.5 Å². The minimum Gasteiger partial charge on any atom is -0.465 e. The first-order valence-electron chi connectivity index (χ1n) is 8.86. The van der Waals surface area contributed by atoms with Crippen LogP contribution in [-0.4, -0.2) is 46.6 Å². The van der Waals surface area contributed by atoms with Crippen LogP contribution in [0.1, 0.15) is 29.9 Å². The number of benzene rings is 1. The number of hydrogen-bond acceptors (Lipinski definition) is 4. The summed E-state index contributed by atoms with van der Waals surface area (Å²) >= 11 is 0. The van der Waals surface area contributed by atoms with Crippen molar-refractivity contribution in [1.82, 2.24) is 9.80 Å². The maximum Gasteiger partial charge on any atom is 0.256 e. The normalized spacial score (nSPS) is 20.8. The van der Waals surface area contributed by atoms with Crippen molar-refractivity contribution < 1.29 is 18.7 Å². The molecule has 1 aliphatic rings. The van der Waals surface area contributed by atoms with Crippen LogP contribution in [0.2, 0.25) is 0 Å². The van der Waals surface area contributed by atoms with Crippen LogP contribution in [-0.2, 0) is 17.9 Å². The molecule has 6 heteroatoms. The minimum atomic E-state index is -1.46. The van der Waals surface area contributed by atoms with Gasteiger partial charge < -0.3 is 14.4 Å². The first-order chi connectivity index (χ1) is 12.4. The first kappa shape index (κ1) is 18.6. The lowest BCUT2D eigenvalue weighted by molar-refractivity contribution is -0.160. The number of rotatable bonds is 6. The fourth-order valence-corrected chi connectivity index (χ4v) is 3.53. The molecule has 1 saturated heterocycles. The molecular formula is C20H25FN2O3. The fourth-order valence-electron chi connectivity index (χ4n) is 3.53. The summed E-state index contributed by atoms with van der Waals surface area (Å²) in [6.45, 7) is 3.30. The molecule has 1 fully saturated rings. The third kappa shape index (κ3) is 4.14. The summed E-state index contributed by atoms with van der Waals surface area (Å²) in [5.41, 5.74) is -0.996. The van der Waals surface area contributed by atoms with Crippen molar-refractivity contribution in [3.05, 3.63) is 59.3 Å². The summed E-state index contributed by atoms with van der Waals surface area (Å²) in [5, 5.41) is 11.0. The molecule has 1 aromatic heterocycles. The van der Waals surface area contributed by atoms with Gasteiger partial charge in [0.2, 0.25) is 0 Å². The van der Waals surface area contributed by atoms with Crippen LogP contribution in [0, 0.1) is 12.7 Å². The van der Waals surface area contributed by atoms with Gasteiger partial charge in [-0.2, -0.15) is 0 Å². The molecule has 2 heterocycles. The zero-order valence-corrected chi connectivity index (χ0v) is 15.2. The predicted molar refractivity (Wildman–Crippen MR) is 95.8 cm³/mol. The molecule has 3 rings (SSSR count). The fraction of sp³-hybridized carbons (Fsp3) is 0.450. The number of piperidine rings is 1. The van der Waals surface area contributed by atoms with Gasteiger partial charge in [0.1, 0.15) is 17.3 Å². The molecule has 0 spiro atoms. The smallest absolute Gasteiger partial charge is 0.256 e. The number of carbonyl (C=O) groups excluding carboxylic acids is 1. The number of furan rings is 1. The van der Waals surface area contributed by atoms with Gasteiger partial charge in [-0.15, -0.1) is 0 Å². The van der Waals surface area contributed by atoms with Gasteiger partial charge in [0, 0.05) is 25.2 Å². The molecule has 0 radical (unpaired) electrons. The number of aryl methyl sites for hydroxylation is 1. The maximum absolute atomic E-state index is 13.9. The average molecular weight is 360 g/mol. The largest absolute Gasteiger partial charge is 0.465 e. The van der Waals surface area contributed by atoms with Crippen molar-refractivity contribution in [3.8, 4) is 0 Å². The van der Waals surface area contributed by atoms with E-state index in [2.05, 4.69) is 0 Å². The summed E-state index contributed by atoms with van der Waals surface area (Å²) in [5.74, 6) is 0.950. The van der Waals surface area contributed by atoms with Crippen LogP contribution in [0.5, 0.6) is 0 Å². The van der Waals surface area contributed by atoms with Gasteiger partial charge in [-0.3, -0.25) is 9.69 Å². The van der Waals surface area contributed by atoms with E-state index >= 15 is 0 Å². The van der Waals surface area contributed by atoms with Crippen molar-refractivity contribution in [2.75, 3.05) is 20.1 Å². The van der Waals surface area contributed by atoms with E-state index in [9.17, 15) is 14.3 Å². The van der Waals surface area contributed by atoms with Gasteiger partial charge in [-0.05, 0) is 45.0 Å². The summed E-state index contributed by atoms with van der Waals surface area (Å²) < 4.78 is 19.5. The Kier molecular flexibility index (Phi) is 5.44. The molecule has 26 heavy (non-hydrogen) atoms. The van der Waals surface area contributed by atoms with Crippen molar-refractivity contribution in [1.29, 1.82) is 0 Å². The SMILES string of the molecule is Cc1ccc(CN(C)C[C@@]2(O)CCCN(Cc3ccccc3F)C2=O)o1. The highest BCUT2D eigenvalue weighted by molar-refractivity contribution is 5.86. The number of aliphatic hydroxyl groups is 1. The first-order valence-corrected chi connectivity index (χ1v) is 8.86. The second kappa shape index (κ2) is 7.60. The molecule has 1 N–H and O–H groups in total. The molecule has 0 bridgehead atoms. The predicted octanol–water partition coefficient (Wildman–Crippen LogP) is 2.71. The van der Waals surface area contributed by atoms with Crippen molar-refractivity contribution >= 4 is 5.91 Å². The van der Waals surface area contributed by atoms with Crippen LogP contribution < -0.4 is 0 Å². The quantitative estimate of drug-likeness (QED) is 0.861. The lowest BCUT2D eigenvalue weighted by atomic mass is 9.90. The summed E-state index contributed by atoms with van der Waals surface area (Å²) in [4.78, 5) is 16.3. The Morgan fingerprint density at radius 2 is 2.08 bits per heavy atom. The lowest BCUT2D eigenvalue weighted by Crippen LogP contribution is -2.57. The van der Waals surface area contributed by atoms with Crippen LogP contribution in [0.4, 0.5) is 4.39 Å². The highest BCUT2D eigenvalue weighted by Gasteiger charge is 2.43. The molecule has 1 atom stereocenters. The lowest BCUT2D eigenvalue weighted by Gasteiger charge is -2.40. The zero-order valence-electron chi connectivity index (χ0n) is 15.2. The van der Waals surface area contributed by atoms with Gasteiger partial charge in [0.25, 0.3) is 5.91 Å². The molecule has 0 aliphatic carbocycles. The van der Waals surface area contributed by atoms with Crippen molar-refractivity contribution in [3.63, 3.8) is 0 Å². The van der Waals surface area contributed by atoms with Crippen LogP contribution in [0.3, 0.4) is 0 Å². The Bertz CT molecular complexity index is 776. The van der Waals surface area contributed by atoms with Gasteiger partial charge in [0.15, 0.2) is 5.60 Å². The van der Waals surface area contributed by atoms with E-state index in [1.807, 2.05) is 31.0 Å². The Morgan fingerprint density at radius 3 is 2.77 bits per heavy atom. The number of carbonyl (C=O) groups is 1. The summed E-state index contributed by atoms with van der Waals surface area (Å²) in [6, 6.07) is 10.2. The zero-order chi connectivity index (χ0) is 18.7. The standard InChI is InChI=1S/C20H25FN2O3/c1-15-8-9-17(26-15)13-22(2)14-20(25)10-5-11-23(19(20)24)12-16-6-3-4-7-18(16)21/h3-4,6-9,25H,5,10-14H2,1-2H3/t20-/m0/s1. The number of nitrogens with zero attached hydrogens (tertiary/aromatic N) is 2. The topological polar surface area (TPSA) is 56.9 Å². The number of hydrogen-bond donors (Lipinski definition) is 1. The second-order valence-corrected chi connectivity index (χ2v) is 7.14. The number of likely N-dealkylation sites (tertiary alicyclic amines) is 1. The number of amides is 1. The Morgan fingerprint density at radius 1 is 1.31 bits per heavy atom. The molecule has 1 aromatic carbocycles. The monoisotopic (exact) mass is 360 g/mol. The molecular weight excluding hydrogens is 335 g/mol. The number of likely N-dealkylation sites (N-methyl/N-ethyl adjacent to an activating group) is 1. The van der Waals surface area contributed by atoms with Crippen molar-refractivity contribution in [2.24, 2.45) is 0 Å². The summed E-state index contributed by atoms with van der Waals surface area (Å²) in [7, 11) is 1.85. The highest BCUT2D eigenvalue weighted by Crippen LogP contribution is 2.26. The Labute approximate surface area is 153 Å². The van der Waals surface area contributed by atoms with Gasteiger partial charge in [-0.25, -0.2) is 4.39 Å². The van der Waals surface area contributed by atoms with Gasteiger partial charge in [0.05, 0.1) is 6.54 Å². The Balaban J connectivity index is 1.66.